The Balaban J connectivity index is 2.30. The molecule has 1 heterocycles. The normalized spacial score (nSPS) is 20.7. The summed E-state index contributed by atoms with van der Waals surface area (Å²) in [5, 5.41) is 13.1. The number of esters is 1. The number of nitro groups is 1. The third-order valence-electron chi connectivity index (χ3n) is 3.45. The van der Waals surface area contributed by atoms with Gasteiger partial charge in [0.05, 0.1) is 12.0 Å². The Labute approximate surface area is 125 Å². The number of rotatable bonds is 4. The molecule has 1 aliphatic rings. The van der Waals surface area contributed by atoms with Crippen molar-refractivity contribution in [2.24, 2.45) is 0 Å². The highest BCUT2D eigenvalue weighted by Crippen LogP contribution is 2.29. The molecule has 1 atom stereocenters. The molecule has 22 heavy (non-hydrogen) atoms. The summed E-state index contributed by atoms with van der Waals surface area (Å²) in [4.78, 5) is 46.4. The Kier molecular flexibility index (Phi) is 3.81. The Hall–Kier alpha value is -2.97. The number of carbonyl (C=O) groups excluding carboxylic acids is 3. The summed E-state index contributed by atoms with van der Waals surface area (Å²) in [5.74, 6) is -1.35. The zero-order valence-corrected chi connectivity index (χ0v) is 11.9. The number of non-ortho nitro benzene ring substituents is 1. The van der Waals surface area contributed by atoms with Crippen molar-refractivity contribution in [2.75, 3.05) is 13.7 Å². The van der Waals surface area contributed by atoms with Crippen molar-refractivity contribution in [1.82, 2.24) is 10.2 Å². The van der Waals surface area contributed by atoms with Gasteiger partial charge in [-0.1, -0.05) is 0 Å². The first-order valence-electron chi connectivity index (χ1n) is 6.25. The van der Waals surface area contributed by atoms with Crippen LogP contribution in [0.1, 0.15) is 12.5 Å². The smallest absolute Gasteiger partial charge is 0.325 e. The minimum atomic E-state index is -1.39. The van der Waals surface area contributed by atoms with Gasteiger partial charge in [-0.05, 0) is 24.6 Å². The minimum Gasteiger partial charge on any atom is -0.468 e. The summed E-state index contributed by atoms with van der Waals surface area (Å²) in [6, 6.07) is 4.53. The summed E-state index contributed by atoms with van der Waals surface area (Å²) in [7, 11) is 1.15. The minimum absolute atomic E-state index is 0.129. The lowest BCUT2D eigenvalue weighted by Crippen LogP contribution is -2.41. The van der Waals surface area contributed by atoms with E-state index in [2.05, 4.69) is 10.1 Å². The van der Waals surface area contributed by atoms with Crippen LogP contribution in [0.2, 0.25) is 0 Å². The molecule has 0 saturated carbocycles. The molecule has 9 heteroatoms. The Morgan fingerprint density at radius 3 is 2.45 bits per heavy atom. The predicted molar refractivity (Wildman–Crippen MR) is 72.7 cm³/mol. The Bertz CT molecular complexity index is 656. The van der Waals surface area contributed by atoms with E-state index in [9.17, 15) is 24.5 Å². The third-order valence-corrected chi connectivity index (χ3v) is 3.45. The molecular weight excluding hydrogens is 294 g/mol. The van der Waals surface area contributed by atoms with Crippen LogP contribution in [0.5, 0.6) is 0 Å². The second kappa shape index (κ2) is 5.43. The number of methoxy groups -OCH3 is 1. The lowest BCUT2D eigenvalue weighted by atomic mass is 9.92. The maximum absolute atomic E-state index is 12.4. The van der Waals surface area contributed by atoms with E-state index in [0.717, 1.165) is 12.0 Å². The number of amides is 3. The quantitative estimate of drug-likeness (QED) is 0.375. The second-order valence-electron chi connectivity index (χ2n) is 4.83. The number of hydrogen-bond acceptors (Lipinski definition) is 6. The maximum Gasteiger partial charge on any atom is 0.325 e. The van der Waals surface area contributed by atoms with Gasteiger partial charge >= 0.3 is 12.0 Å². The van der Waals surface area contributed by atoms with E-state index in [-0.39, 0.29) is 5.69 Å². The van der Waals surface area contributed by atoms with Crippen LogP contribution >= 0.6 is 0 Å². The van der Waals surface area contributed by atoms with E-state index < -0.39 is 34.9 Å². The van der Waals surface area contributed by atoms with Gasteiger partial charge in [0.1, 0.15) is 12.1 Å². The largest absolute Gasteiger partial charge is 0.468 e. The van der Waals surface area contributed by atoms with Crippen molar-refractivity contribution >= 4 is 23.6 Å². The first-order valence-corrected chi connectivity index (χ1v) is 6.25. The first kappa shape index (κ1) is 15.4. The summed E-state index contributed by atoms with van der Waals surface area (Å²) >= 11 is 0. The number of imide groups is 1. The van der Waals surface area contributed by atoms with Crippen molar-refractivity contribution < 1.29 is 24.0 Å². The molecule has 116 valence electrons. The monoisotopic (exact) mass is 307 g/mol. The molecule has 1 aliphatic heterocycles. The average Bonchev–Trinajstić information content (AvgIpc) is 2.71. The Morgan fingerprint density at radius 2 is 1.95 bits per heavy atom. The highest BCUT2D eigenvalue weighted by atomic mass is 16.6. The number of nitro benzene ring substituents is 1. The zero-order valence-electron chi connectivity index (χ0n) is 11.9. The van der Waals surface area contributed by atoms with E-state index in [1.807, 2.05) is 0 Å². The third kappa shape index (κ3) is 2.48. The van der Waals surface area contributed by atoms with E-state index in [1.54, 1.807) is 0 Å². The number of benzene rings is 1. The fraction of sp³-hybridized carbons (Fsp3) is 0.308. The fourth-order valence-corrected chi connectivity index (χ4v) is 2.15. The summed E-state index contributed by atoms with van der Waals surface area (Å²) in [5.41, 5.74) is -1.14. The summed E-state index contributed by atoms with van der Waals surface area (Å²) < 4.78 is 4.44. The molecule has 0 bridgehead atoms. The van der Waals surface area contributed by atoms with Gasteiger partial charge in [-0.2, -0.15) is 0 Å². The molecule has 1 fully saturated rings. The standard InChI is InChI=1S/C13H13N3O6/c1-13(8-3-5-9(6-4-8)16(20)21)11(18)15(12(19)14-13)7-10(17)22-2/h3-6H,7H2,1-2H3,(H,14,19). The molecular formula is C13H13N3O6. The molecule has 1 saturated heterocycles. The lowest BCUT2D eigenvalue weighted by molar-refractivity contribution is -0.384. The molecule has 0 aromatic heterocycles. The van der Waals surface area contributed by atoms with Crippen molar-refractivity contribution in [3.05, 3.63) is 39.9 Å². The predicted octanol–water partition coefficient (Wildman–Crippen LogP) is 0.535. The van der Waals surface area contributed by atoms with Crippen LogP contribution in [0.4, 0.5) is 10.5 Å². The van der Waals surface area contributed by atoms with Crippen LogP contribution in [-0.2, 0) is 19.9 Å². The van der Waals surface area contributed by atoms with Crippen LogP contribution in [0.3, 0.4) is 0 Å². The zero-order chi connectivity index (χ0) is 16.5. The maximum atomic E-state index is 12.4. The van der Waals surface area contributed by atoms with Crippen molar-refractivity contribution in [3.8, 4) is 0 Å². The van der Waals surface area contributed by atoms with Crippen LogP contribution in [-0.4, -0.2) is 41.4 Å². The SMILES string of the molecule is COC(=O)CN1C(=O)NC(C)(c2ccc([N+](=O)[O-])cc2)C1=O. The van der Waals surface area contributed by atoms with Gasteiger partial charge in [-0.25, -0.2) is 4.79 Å². The van der Waals surface area contributed by atoms with E-state index in [4.69, 9.17) is 0 Å². The van der Waals surface area contributed by atoms with Gasteiger partial charge in [0.15, 0.2) is 0 Å². The number of ether oxygens (including phenoxy) is 1. The number of carbonyl (C=O) groups is 3. The van der Waals surface area contributed by atoms with Crippen LogP contribution in [0.25, 0.3) is 0 Å². The highest BCUT2D eigenvalue weighted by molar-refractivity contribution is 6.08. The molecule has 1 N–H and O–H groups in total. The van der Waals surface area contributed by atoms with Crippen molar-refractivity contribution in [3.63, 3.8) is 0 Å². The average molecular weight is 307 g/mol. The van der Waals surface area contributed by atoms with E-state index in [1.165, 1.54) is 31.2 Å². The van der Waals surface area contributed by atoms with Gasteiger partial charge in [0.2, 0.25) is 0 Å². The molecule has 1 unspecified atom stereocenters. The van der Waals surface area contributed by atoms with E-state index in [0.29, 0.717) is 5.56 Å². The van der Waals surface area contributed by atoms with Gasteiger partial charge in [0.25, 0.3) is 11.6 Å². The molecule has 0 spiro atoms. The lowest BCUT2D eigenvalue weighted by Gasteiger charge is -2.21. The summed E-state index contributed by atoms with van der Waals surface area (Å²) in [6.07, 6.45) is 0. The second-order valence-corrected chi connectivity index (χ2v) is 4.83. The fourth-order valence-electron chi connectivity index (χ4n) is 2.15. The number of nitrogens with one attached hydrogen (secondary N) is 1. The number of urea groups is 1. The molecule has 3 amide bonds. The molecule has 1 aromatic carbocycles. The Morgan fingerprint density at radius 1 is 1.36 bits per heavy atom. The van der Waals surface area contributed by atoms with Crippen molar-refractivity contribution in [2.45, 2.75) is 12.5 Å². The molecule has 0 aliphatic carbocycles. The molecule has 0 radical (unpaired) electrons. The molecule has 1 aromatic rings. The number of hydrogen-bond donors (Lipinski definition) is 1. The first-order chi connectivity index (χ1) is 10.3. The number of nitrogens with zero attached hydrogens (tertiary/aromatic N) is 2. The van der Waals surface area contributed by atoms with E-state index >= 15 is 0 Å². The summed E-state index contributed by atoms with van der Waals surface area (Å²) in [6.45, 7) is 0.968. The highest BCUT2D eigenvalue weighted by Gasteiger charge is 2.49. The van der Waals surface area contributed by atoms with Gasteiger partial charge in [0, 0.05) is 12.1 Å². The van der Waals surface area contributed by atoms with Gasteiger partial charge in [-0.3, -0.25) is 24.6 Å². The molecule has 2 rings (SSSR count). The topological polar surface area (TPSA) is 119 Å². The molecule has 9 nitrogen and oxygen atoms in total. The van der Waals surface area contributed by atoms with Gasteiger partial charge in [-0.15, -0.1) is 0 Å². The van der Waals surface area contributed by atoms with Crippen LogP contribution < -0.4 is 5.32 Å². The van der Waals surface area contributed by atoms with Crippen molar-refractivity contribution in [1.29, 1.82) is 0 Å². The van der Waals surface area contributed by atoms with Gasteiger partial charge < -0.3 is 10.1 Å². The van der Waals surface area contributed by atoms with Crippen LogP contribution in [0.15, 0.2) is 24.3 Å². The van der Waals surface area contributed by atoms with Crippen LogP contribution in [0, 0.1) is 10.1 Å².